The van der Waals surface area contributed by atoms with E-state index >= 15 is 0 Å². The molecule has 0 aliphatic heterocycles. The second-order valence-electron chi connectivity index (χ2n) is 4.78. The third-order valence-corrected chi connectivity index (χ3v) is 5.63. The Bertz CT molecular complexity index is 1030. The Morgan fingerprint density at radius 2 is 1.96 bits per heavy atom. The molecule has 7 heteroatoms. The molecule has 0 atom stereocenters. The molecule has 0 aliphatic carbocycles. The van der Waals surface area contributed by atoms with Gasteiger partial charge in [-0.15, -0.1) is 11.0 Å². The summed E-state index contributed by atoms with van der Waals surface area (Å²) < 4.78 is 44.5. The second kappa shape index (κ2) is 6.10. The molecule has 4 nitrogen and oxygen atoms in total. The molecule has 0 radical (unpaired) electrons. The number of allylic oxidation sites excluding steroid dienone is 1. The smallest absolute Gasteiger partial charge is 0.285 e. The van der Waals surface area contributed by atoms with Gasteiger partial charge in [0.05, 0.1) is 15.1 Å². The van der Waals surface area contributed by atoms with Crippen LogP contribution in [0, 0.1) is 5.82 Å². The highest BCUT2D eigenvalue weighted by Crippen LogP contribution is 2.19. The van der Waals surface area contributed by atoms with Crippen molar-refractivity contribution < 1.29 is 12.8 Å². The van der Waals surface area contributed by atoms with E-state index in [2.05, 4.69) is 11.0 Å². The van der Waals surface area contributed by atoms with Gasteiger partial charge in [0.2, 0.25) is 4.80 Å². The van der Waals surface area contributed by atoms with E-state index in [1.54, 1.807) is 34.9 Å². The predicted molar refractivity (Wildman–Crippen MR) is 89.2 cm³/mol. The van der Waals surface area contributed by atoms with E-state index in [4.69, 9.17) is 0 Å². The van der Waals surface area contributed by atoms with Crippen LogP contribution < -0.4 is 4.80 Å². The maximum atomic E-state index is 13.4. The molecular weight excluding hydrogens is 335 g/mol. The average molecular weight is 348 g/mol. The van der Waals surface area contributed by atoms with Crippen molar-refractivity contribution in [1.29, 1.82) is 0 Å². The molecule has 0 amide bonds. The standard InChI is InChI=1S/C16H13FN2O2S2/c1-2-10-19-14-9-8-12(17)11-15(14)22-16(19)18-23(20,21)13-6-4-3-5-7-13/h2-9,11H,1,10H2. The second-order valence-corrected chi connectivity index (χ2v) is 7.39. The number of thiazole rings is 1. The Labute approximate surface area is 136 Å². The Morgan fingerprint density at radius 1 is 1.22 bits per heavy atom. The van der Waals surface area contributed by atoms with E-state index in [9.17, 15) is 12.8 Å². The molecule has 1 heterocycles. The molecule has 1 aromatic heterocycles. The summed E-state index contributed by atoms with van der Waals surface area (Å²) in [6.45, 7) is 4.06. The van der Waals surface area contributed by atoms with Gasteiger partial charge in [0.15, 0.2) is 0 Å². The fourth-order valence-electron chi connectivity index (χ4n) is 2.17. The topological polar surface area (TPSA) is 51.4 Å². The van der Waals surface area contributed by atoms with Gasteiger partial charge in [-0.1, -0.05) is 35.6 Å². The van der Waals surface area contributed by atoms with Gasteiger partial charge >= 0.3 is 0 Å². The van der Waals surface area contributed by atoms with Crippen molar-refractivity contribution >= 4 is 31.6 Å². The number of hydrogen-bond acceptors (Lipinski definition) is 3. The van der Waals surface area contributed by atoms with Gasteiger partial charge in [-0.25, -0.2) is 4.39 Å². The van der Waals surface area contributed by atoms with Crippen molar-refractivity contribution in [3.63, 3.8) is 0 Å². The van der Waals surface area contributed by atoms with Crippen LogP contribution in [0.2, 0.25) is 0 Å². The van der Waals surface area contributed by atoms with E-state index in [1.165, 1.54) is 24.3 Å². The molecule has 118 valence electrons. The van der Waals surface area contributed by atoms with Gasteiger partial charge in [0, 0.05) is 6.54 Å². The summed E-state index contributed by atoms with van der Waals surface area (Å²) in [5.74, 6) is -0.373. The SMILES string of the molecule is C=CCn1c(=NS(=O)(=O)c2ccccc2)sc2cc(F)ccc21. The summed E-state index contributed by atoms with van der Waals surface area (Å²) in [5.41, 5.74) is 0.721. The number of halogens is 1. The molecule has 0 N–H and O–H groups in total. The maximum absolute atomic E-state index is 13.4. The van der Waals surface area contributed by atoms with E-state index in [-0.39, 0.29) is 15.5 Å². The van der Waals surface area contributed by atoms with Crippen LogP contribution in [-0.2, 0) is 16.6 Å². The Kier molecular flexibility index (Phi) is 4.14. The molecule has 0 spiro atoms. The molecule has 3 aromatic rings. The summed E-state index contributed by atoms with van der Waals surface area (Å²) in [6, 6.07) is 12.3. The normalized spacial score (nSPS) is 12.7. The fourth-order valence-corrected chi connectivity index (χ4v) is 4.46. The van der Waals surface area contributed by atoms with Crippen LogP contribution >= 0.6 is 11.3 Å². The van der Waals surface area contributed by atoms with Gasteiger partial charge in [-0.05, 0) is 30.3 Å². The zero-order valence-electron chi connectivity index (χ0n) is 12.0. The number of aromatic nitrogens is 1. The minimum absolute atomic E-state index is 0.119. The zero-order valence-corrected chi connectivity index (χ0v) is 13.6. The lowest BCUT2D eigenvalue weighted by Crippen LogP contribution is -2.16. The number of fused-ring (bicyclic) bond motifs is 1. The third-order valence-electron chi connectivity index (χ3n) is 3.20. The maximum Gasteiger partial charge on any atom is 0.285 e. The number of hydrogen-bond donors (Lipinski definition) is 0. The van der Waals surface area contributed by atoms with Gasteiger partial charge in [-0.3, -0.25) is 0 Å². The lowest BCUT2D eigenvalue weighted by Gasteiger charge is -2.01. The molecule has 0 fully saturated rings. The van der Waals surface area contributed by atoms with Crippen molar-refractivity contribution in [2.75, 3.05) is 0 Å². The molecule has 0 aliphatic rings. The molecule has 2 aromatic carbocycles. The summed E-state index contributed by atoms with van der Waals surface area (Å²) in [5, 5.41) is 0. The first-order chi connectivity index (χ1) is 11.0. The highest BCUT2D eigenvalue weighted by molar-refractivity contribution is 7.90. The van der Waals surface area contributed by atoms with Gasteiger partial charge in [-0.2, -0.15) is 8.42 Å². The number of sulfonamides is 1. The van der Waals surface area contributed by atoms with Crippen LogP contribution in [0.25, 0.3) is 10.2 Å². The fraction of sp³-hybridized carbons (Fsp3) is 0.0625. The minimum Gasteiger partial charge on any atom is -0.312 e. The van der Waals surface area contributed by atoms with Crippen LogP contribution in [-0.4, -0.2) is 13.0 Å². The molecule has 3 rings (SSSR count). The van der Waals surface area contributed by atoms with Crippen LogP contribution in [0.3, 0.4) is 0 Å². The van der Waals surface area contributed by atoms with E-state index in [1.807, 2.05) is 0 Å². The van der Waals surface area contributed by atoms with Crippen LogP contribution in [0.15, 0.2) is 70.5 Å². The van der Waals surface area contributed by atoms with Crippen LogP contribution in [0.4, 0.5) is 4.39 Å². The van der Waals surface area contributed by atoms with Crippen molar-refractivity contribution in [2.24, 2.45) is 4.40 Å². The first-order valence-corrected chi connectivity index (χ1v) is 9.03. The largest absolute Gasteiger partial charge is 0.312 e. The van der Waals surface area contributed by atoms with Crippen molar-refractivity contribution in [3.8, 4) is 0 Å². The first kappa shape index (κ1) is 15.6. The predicted octanol–water partition coefficient (Wildman–Crippen LogP) is 3.32. The van der Waals surface area contributed by atoms with Gasteiger partial charge in [0.1, 0.15) is 5.82 Å². The number of rotatable bonds is 4. The lowest BCUT2D eigenvalue weighted by molar-refractivity contribution is 0.596. The van der Waals surface area contributed by atoms with Crippen LogP contribution in [0.1, 0.15) is 0 Å². The number of benzene rings is 2. The van der Waals surface area contributed by atoms with Crippen molar-refractivity contribution in [3.05, 3.63) is 71.8 Å². The molecule has 0 saturated carbocycles. The first-order valence-electron chi connectivity index (χ1n) is 6.77. The Hall–Kier alpha value is -2.25. The molecule has 0 saturated heterocycles. The lowest BCUT2D eigenvalue weighted by atomic mass is 10.3. The highest BCUT2D eigenvalue weighted by atomic mass is 32.2. The Balaban J connectivity index is 2.26. The Morgan fingerprint density at radius 3 is 2.65 bits per heavy atom. The van der Waals surface area contributed by atoms with E-state index in [0.717, 1.165) is 16.9 Å². The van der Waals surface area contributed by atoms with Crippen LogP contribution in [0.5, 0.6) is 0 Å². The van der Waals surface area contributed by atoms with E-state index in [0.29, 0.717) is 11.2 Å². The molecule has 0 bridgehead atoms. The summed E-state index contributed by atoms with van der Waals surface area (Å²) >= 11 is 1.13. The van der Waals surface area contributed by atoms with Gasteiger partial charge in [0.25, 0.3) is 10.0 Å². The molecule has 23 heavy (non-hydrogen) atoms. The minimum atomic E-state index is -3.83. The summed E-state index contributed by atoms with van der Waals surface area (Å²) in [4.78, 5) is 0.406. The average Bonchev–Trinajstić information content (AvgIpc) is 2.84. The van der Waals surface area contributed by atoms with E-state index < -0.39 is 10.0 Å². The quantitative estimate of drug-likeness (QED) is 0.679. The van der Waals surface area contributed by atoms with Crippen molar-refractivity contribution in [2.45, 2.75) is 11.4 Å². The summed E-state index contributed by atoms with van der Waals surface area (Å²) in [6.07, 6.45) is 1.64. The summed E-state index contributed by atoms with van der Waals surface area (Å²) in [7, 11) is -3.83. The monoisotopic (exact) mass is 348 g/mol. The molecule has 0 unspecified atom stereocenters. The highest BCUT2D eigenvalue weighted by Gasteiger charge is 2.14. The van der Waals surface area contributed by atoms with Crippen molar-refractivity contribution in [1.82, 2.24) is 4.57 Å². The van der Waals surface area contributed by atoms with Gasteiger partial charge < -0.3 is 4.57 Å². The third kappa shape index (κ3) is 3.11. The number of nitrogens with zero attached hydrogens (tertiary/aromatic N) is 2. The molecular formula is C16H13FN2O2S2. The zero-order chi connectivity index (χ0) is 16.4.